The highest BCUT2D eigenvalue weighted by Gasteiger charge is 2.09. The van der Waals surface area contributed by atoms with Crippen LogP contribution in [0.15, 0.2) is 48.5 Å². The van der Waals surface area contributed by atoms with Crippen LogP contribution in [0.1, 0.15) is 105 Å². The molecule has 0 aliphatic carbocycles. The summed E-state index contributed by atoms with van der Waals surface area (Å²) in [6.07, 6.45) is 13.8. The maximum Gasteiger partial charge on any atom is 0.251 e. The summed E-state index contributed by atoms with van der Waals surface area (Å²) in [6, 6.07) is 14.6. The highest BCUT2D eigenvalue weighted by Crippen LogP contribution is 2.21. The van der Waals surface area contributed by atoms with Crippen LogP contribution in [0.2, 0.25) is 0 Å². The highest BCUT2D eigenvalue weighted by atomic mass is 19.1. The maximum atomic E-state index is 13.4. The molecule has 2 aromatic carbocycles. The van der Waals surface area contributed by atoms with Crippen molar-refractivity contribution in [3.8, 4) is 0 Å². The Bertz CT molecular complexity index is 756. The lowest BCUT2D eigenvalue weighted by Gasteiger charge is -2.12. The van der Waals surface area contributed by atoms with Crippen molar-refractivity contribution in [2.75, 3.05) is 6.54 Å². The van der Waals surface area contributed by atoms with Gasteiger partial charge in [-0.05, 0) is 54.2 Å². The molecular formula is C28H40FNO. The third-order valence-electron chi connectivity index (χ3n) is 5.99. The lowest BCUT2D eigenvalue weighted by molar-refractivity contribution is 0.0953. The first-order chi connectivity index (χ1) is 15.1. The second-order valence-corrected chi connectivity index (χ2v) is 8.79. The molecule has 0 spiro atoms. The van der Waals surface area contributed by atoms with Crippen LogP contribution in [-0.4, -0.2) is 12.5 Å². The molecule has 1 unspecified atom stereocenters. The molecule has 1 atom stereocenters. The summed E-state index contributed by atoms with van der Waals surface area (Å²) in [5.74, 6) is 0.0335. The molecule has 0 saturated heterocycles. The fourth-order valence-corrected chi connectivity index (χ4v) is 3.99. The van der Waals surface area contributed by atoms with Gasteiger partial charge >= 0.3 is 0 Å². The first-order valence-electron chi connectivity index (χ1n) is 12.2. The molecule has 2 nitrogen and oxygen atoms in total. The van der Waals surface area contributed by atoms with Gasteiger partial charge in [-0.25, -0.2) is 4.39 Å². The van der Waals surface area contributed by atoms with Gasteiger partial charge in [-0.2, -0.15) is 0 Å². The van der Waals surface area contributed by atoms with Crippen LogP contribution in [0.3, 0.4) is 0 Å². The minimum Gasteiger partial charge on any atom is -0.352 e. The van der Waals surface area contributed by atoms with E-state index in [-0.39, 0.29) is 17.6 Å². The summed E-state index contributed by atoms with van der Waals surface area (Å²) < 4.78 is 13.4. The van der Waals surface area contributed by atoms with Gasteiger partial charge in [0.15, 0.2) is 0 Å². The van der Waals surface area contributed by atoms with E-state index >= 15 is 0 Å². The average Bonchev–Trinajstić information content (AvgIpc) is 2.78. The van der Waals surface area contributed by atoms with E-state index in [1.54, 1.807) is 12.1 Å². The van der Waals surface area contributed by atoms with Crippen molar-refractivity contribution in [2.45, 2.75) is 90.4 Å². The number of carbonyl (C=O) groups excluding carboxylic acids is 1. The van der Waals surface area contributed by atoms with Crippen LogP contribution in [0.4, 0.5) is 4.39 Å². The Morgan fingerprint density at radius 1 is 0.871 bits per heavy atom. The van der Waals surface area contributed by atoms with Gasteiger partial charge in [0, 0.05) is 12.1 Å². The molecule has 170 valence electrons. The predicted molar refractivity (Wildman–Crippen MR) is 129 cm³/mol. The third kappa shape index (κ3) is 10.1. The van der Waals surface area contributed by atoms with Gasteiger partial charge < -0.3 is 5.32 Å². The molecule has 1 amide bonds. The number of nitrogens with one attached hydrogen (secondary N) is 1. The maximum absolute atomic E-state index is 13.4. The molecule has 0 heterocycles. The van der Waals surface area contributed by atoms with E-state index in [2.05, 4.69) is 19.2 Å². The first kappa shape index (κ1) is 25.1. The van der Waals surface area contributed by atoms with Gasteiger partial charge in [0.05, 0.1) is 0 Å². The molecule has 0 saturated carbocycles. The van der Waals surface area contributed by atoms with Crippen molar-refractivity contribution in [2.24, 2.45) is 0 Å². The van der Waals surface area contributed by atoms with E-state index in [0.717, 1.165) is 30.5 Å². The fourth-order valence-electron chi connectivity index (χ4n) is 3.99. The Kier molecular flexibility index (Phi) is 12.0. The van der Waals surface area contributed by atoms with Gasteiger partial charge in [-0.15, -0.1) is 0 Å². The second kappa shape index (κ2) is 14.8. The van der Waals surface area contributed by atoms with Crippen molar-refractivity contribution in [1.82, 2.24) is 5.32 Å². The van der Waals surface area contributed by atoms with Crippen molar-refractivity contribution >= 4 is 5.91 Å². The second-order valence-electron chi connectivity index (χ2n) is 8.79. The molecule has 31 heavy (non-hydrogen) atoms. The zero-order chi connectivity index (χ0) is 22.3. The Labute approximate surface area is 188 Å². The van der Waals surface area contributed by atoms with Crippen LogP contribution in [-0.2, 0) is 6.42 Å². The Morgan fingerprint density at radius 2 is 1.48 bits per heavy atom. The minimum absolute atomic E-state index is 0.000605. The largest absolute Gasteiger partial charge is 0.352 e. The number of hydrogen-bond donors (Lipinski definition) is 1. The molecule has 2 rings (SSSR count). The summed E-state index contributed by atoms with van der Waals surface area (Å²) in [7, 11) is 0. The lowest BCUT2D eigenvalue weighted by Crippen LogP contribution is -2.24. The number of unbranched alkanes of at least 4 members (excludes halogenated alkanes) is 9. The SMILES string of the molecule is CCCCCCCCCCCCNC(=O)c1ccc(CC(C)c2cccc(F)c2)cc1. The van der Waals surface area contributed by atoms with Crippen LogP contribution >= 0.6 is 0 Å². The van der Waals surface area contributed by atoms with Crippen LogP contribution in [0, 0.1) is 5.82 Å². The fraction of sp³-hybridized carbons (Fsp3) is 0.536. The molecule has 0 aliphatic heterocycles. The molecular weight excluding hydrogens is 385 g/mol. The molecule has 0 radical (unpaired) electrons. The van der Waals surface area contributed by atoms with Crippen molar-refractivity contribution in [3.05, 3.63) is 71.0 Å². The Balaban J connectivity index is 1.60. The first-order valence-corrected chi connectivity index (χ1v) is 12.2. The highest BCUT2D eigenvalue weighted by molar-refractivity contribution is 5.94. The Hall–Kier alpha value is -2.16. The minimum atomic E-state index is -0.196. The predicted octanol–water partition coefficient (Wildman–Crippen LogP) is 7.82. The van der Waals surface area contributed by atoms with Crippen molar-refractivity contribution < 1.29 is 9.18 Å². The average molecular weight is 426 g/mol. The molecule has 0 aromatic heterocycles. The van der Waals surface area contributed by atoms with E-state index in [4.69, 9.17) is 0 Å². The van der Waals surface area contributed by atoms with Gasteiger partial charge in [-0.3, -0.25) is 4.79 Å². The third-order valence-corrected chi connectivity index (χ3v) is 5.99. The molecule has 3 heteroatoms. The molecule has 0 fully saturated rings. The van der Waals surface area contributed by atoms with Crippen LogP contribution < -0.4 is 5.32 Å². The number of carbonyl (C=O) groups is 1. The van der Waals surface area contributed by atoms with E-state index in [1.807, 2.05) is 30.3 Å². The Morgan fingerprint density at radius 3 is 2.10 bits per heavy atom. The molecule has 0 aliphatic rings. The number of amides is 1. The summed E-state index contributed by atoms with van der Waals surface area (Å²) in [5.41, 5.74) is 2.86. The summed E-state index contributed by atoms with van der Waals surface area (Å²) >= 11 is 0. The molecule has 0 bridgehead atoms. The van der Waals surface area contributed by atoms with Gasteiger partial charge in [0.25, 0.3) is 5.91 Å². The van der Waals surface area contributed by atoms with E-state index in [9.17, 15) is 9.18 Å². The number of rotatable bonds is 15. The topological polar surface area (TPSA) is 29.1 Å². The summed E-state index contributed by atoms with van der Waals surface area (Å²) in [4.78, 5) is 12.3. The van der Waals surface area contributed by atoms with E-state index in [0.29, 0.717) is 5.56 Å². The molecule has 1 N–H and O–H groups in total. The smallest absolute Gasteiger partial charge is 0.251 e. The lowest BCUT2D eigenvalue weighted by atomic mass is 9.93. The monoisotopic (exact) mass is 425 g/mol. The number of hydrogen-bond acceptors (Lipinski definition) is 1. The van der Waals surface area contributed by atoms with Gasteiger partial charge in [0.1, 0.15) is 5.82 Å². The zero-order valence-corrected chi connectivity index (χ0v) is 19.5. The summed E-state index contributed by atoms with van der Waals surface area (Å²) in [6.45, 7) is 5.10. The quantitative estimate of drug-likeness (QED) is 0.289. The van der Waals surface area contributed by atoms with Gasteiger partial charge in [0.2, 0.25) is 0 Å². The zero-order valence-electron chi connectivity index (χ0n) is 19.5. The van der Waals surface area contributed by atoms with E-state index < -0.39 is 0 Å². The summed E-state index contributed by atoms with van der Waals surface area (Å²) in [5, 5.41) is 3.04. The number of halogens is 1. The molecule has 2 aromatic rings. The standard InChI is InChI=1S/C28H40FNO/c1-3-4-5-6-7-8-9-10-11-12-20-30-28(31)25-18-16-24(17-19-25)21-23(2)26-14-13-15-27(29)22-26/h13-19,22-23H,3-12,20-21H2,1-2H3,(H,30,31). The van der Waals surface area contributed by atoms with Crippen LogP contribution in [0.25, 0.3) is 0 Å². The van der Waals surface area contributed by atoms with Crippen molar-refractivity contribution in [1.29, 1.82) is 0 Å². The van der Waals surface area contributed by atoms with Crippen LogP contribution in [0.5, 0.6) is 0 Å². The van der Waals surface area contributed by atoms with Crippen molar-refractivity contribution in [3.63, 3.8) is 0 Å². The van der Waals surface area contributed by atoms with E-state index in [1.165, 1.54) is 63.9 Å². The number of benzene rings is 2. The normalized spacial score (nSPS) is 12.0. The van der Waals surface area contributed by atoms with Gasteiger partial charge in [-0.1, -0.05) is 95.9 Å².